The van der Waals surface area contributed by atoms with Crippen LogP contribution in [0.5, 0.6) is 0 Å². The number of carboxylic acid groups (broad SMARTS) is 1. The third-order valence-electron chi connectivity index (χ3n) is 3.59. The van der Waals surface area contributed by atoms with E-state index in [0.29, 0.717) is 16.1 Å². The van der Waals surface area contributed by atoms with Gasteiger partial charge in [0.05, 0.1) is 17.9 Å². The molecule has 6 nitrogen and oxygen atoms in total. The van der Waals surface area contributed by atoms with Gasteiger partial charge in [-0.1, -0.05) is 35.9 Å². The lowest BCUT2D eigenvalue weighted by Gasteiger charge is -2.18. The first-order valence-electron chi connectivity index (χ1n) is 7.57. The van der Waals surface area contributed by atoms with Crippen molar-refractivity contribution in [3.63, 3.8) is 0 Å². The molecule has 1 amide bonds. The Morgan fingerprint density at radius 1 is 1.08 bits per heavy atom. The molecule has 0 aliphatic heterocycles. The molecule has 2 aromatic rings. The van der Waals surface area contributed by atoms with Gasteiger partial charge in [-0.05, 0) is 41.8 Å². The average molecular weight is 362 g/mol. The zero-order chi connectivity index (χ0) is 18.4. The van der Waals surface area contributed by atoms with Crippen molar-refractivity contribution in [2.45, 2.75) is 18.8 Å². The summed E-state index contributed by atoms with van der Waals surface area (Å²) < 4.78 is 0. The normalized spacial score (nSPS) is 11.6. The fraction of sp³-hybridized carbons (Fsp3) is 0.176. The number of aromatic carboxylic acids is 1. The zero-order valence-electron chi connectivity index (χ0n) is 13.2. The summed E-state index contributed by atoms with van der Waals surface area (Å²) >= 11 is 5.87. The molecule has 0 bridgehead atoms. The average Bonchev–Trinajstić information content (AvgIpc) is 2.54. The van der Waals surface area contributed by atoms with Crippen LogP contribution in [-0.2, 0) is 17.6 Å². The quantitative estimate of drug-likeness (QED) is 0.557. The first-order valence-corrected chi connectivity index (χ1v) is 7.95. The molecule has 1 atom stereocenters. The standard InChI is InChI=1S/C17H17BClNO5/c19-14-6-2-4-12(8-14)10-16(21)20-15(18(24)25)9-11-3-1-5-13(7-11)17(22)23/h1-8,15,24-25H,9-10H2,(H,20,21)(H,22,23). The highest BCUT2D eigenvalue weighted by atomic mass is 35.5. The summed E-state index contributed by atoms with van der Waals surface area (Å²) in [5.74, 6) is -2.43. The highest BCUT2D eigenvalue weighted by Gasteiger charge is 2.25. The highest BCUT2D eigenvalue weighted by molar-refractivity contribution is 6.43. The number of hydrogen-bond donors (Lipinski definition) is 4. The second-order valence-corrected chi connectivity index (χ2v) is 6.04. The van der Waals surface area contributed by atoms with E-state index in [1.165, 1.54) is 12.1 Å². The van der Waals surface area contributed by atoms with Gasteiger partial charge in [0.2, 0.25) is 5.91 Å². The minimum Gasteiger partial charge on any atom is -0.478 e. The fourth-order valence-electron chi connectivity index (χ4n) is 2.41. The van der Waals surface area contributed by atoms with Gasteiger partial charge in [-0.25, -0.2) is 4.79 Å². The molecule has 2 aromatic carbocycles. The number of hydrogen-bond acceptors (Lipinski definition) is 4. The fourth-order valence-corrected chi connectivity index (χ4v) is 2.62. The van der Waals surface area contributed by atoms with E-state index in [1.54, 1.807) is 36.4 Å². The summed E-state index contributed by atoms with van der Waals surface area (Å²) in [4.78, 5) is 23.1. The topological polar surface area (TPSA) is 107 Å². The molecular formula is C17H17BClNO5. The van der Waals surface area contributed by atoms with Crippen LogP contribution in [0.25, 0.3) is 0 Å². The number of carbonyl (C=O) groups is 2. The molecule has 2 rings (SSSR count). The summed E-state index contributed by atoms with van der Waals surface area (Å²) in [5.41, 5.74) is 1.36. The Bertz CT molecular complexity index is 768. The van der Waals surface area contributed by atoms with Crippen molar-refractivity contribution < 1.29 is 24.7 Å². The van der Waals surface area contributed by atoms with Gasteiger partial charge in [-0.2, -0.15) is 0 Å². The van der Waals surface area contributed by atoms with Crippen molar-refractivity contribution in [3.8, 4) is 0 Å². The number of benzene rings is 2. The maximum Gasteiger partial charge on any atom is 0.475 e. The summed E-state index contributed by atoms with van der Waals surface area (Å²) in [6.45, 7) is 0. The molecule has 0 spiro atoms. The maximum absolute atomic E-state index is 12.1. The Balaban J connectivity index is 2.04. The van der Waals surface area contributed by atoms with Gasteiger partial charge < -0.3 is 20.5 Å². The molecule has 25 heavy (non-hydrogen) atoms. The largest absolute Gasteiger partial charge is 0.478 e. The molecule has 0 saturated heterocycles. The lowest BCUT2D eigenvalue weighted by Crippen LogP contribution is -2.48. The smallest absolute Gasteiger partial charge is 0.475 e. The molecule has 0 aliphatic rings. The van der Waals surface area contributed by atoms with Crippen LogP contribution in [-0.4, -0.2) is 40.1 Å². The number of amides is 1. The third-order valence-corrected chi connectivity index (χ3v) is 3.82. The van der Waals surface area contributed by atoms with Crippen LogP contribution in [0, 0.1) is 0 Å². The first-order chi connectivity index (χ1) is 11.8. The minimum atomic E-state index is -1.78. The number of nitrogens with one attached hydrogen (secondary N) is 1. The molecular weight excluding hydrogens is 344 g/mol. The second-order valence-electron chi connectivity index (χ2n) is 5.60. The molecule has 4 N–H and O–H groups in total. The Morgan fingerprint density at radius 2 is 1.76 bits per heavy atom. The van der Waals surface area contributed by atoms with Gasteiger partial charge in [-0.15, -0.1) is 0 Å². The summed E-state index contributed by atoms with van der Waals surface area (Å²) in [7, 11) is -1.78. The monoisotopic (exact) mass is 361 g/mol. The van der Waals surface area contributed by atoms with E-state index in [4.69, 9.17) is 16.7 Å². The predicted octanol–water partition coefficient (Wildman–Crippen LogP) is 1.32. The molecule has 0 heterocycles. The van der Waals surface area contributed by atoms with Crippen LogP contribution in [0.15, 0.2) is 48.5 Å². The molecule has 0 fully saturated rings. The zero-order valence-corrected chi connectivity index (χ0v) is 14.0. The van der Waals surface area contributed by atoms with Crippen LogP contribution in [0.2, 0.25) is 5.02 Å². The van der Waals surface area contributed by atoms with Crippen LogP contribution in [0.1, 0.15) is 21.5 Å². The number of rotatable bonds is 7. The van der Waals surface area contributed by atoms with Crippen molar-refractivity contribution in [1.29, 1.82) is 0 Å². The van der Waals surface area contributed by atoms with Crippen LogP contribution < -0.4 is 5.32 Å². The SMILES string of the molecule is O=C(Cc1cccc(Cl)c1)NC(Cc1cccc(C(=O)O)c1)B(O)O. The van der Waals surface area contributed by atoms with Gasteiger partial charge in [0.1, 0.15) is 0 Å². The molecule has 0 aromatic heterocycles. The van der Waals surface area contributed by atoms with Gasteiger partial charge in [0, 0.05) is 5.02 Å². The third kappa shape index (κ3) is 5.90. The van der Waals surface area contributed by atoms with E-state index in [9.17, 15) is 19.6 Å². The summed E-state index contributed by atoms with van der Waals surface area (Å²) in [5, 5.41) is 31.1. The number of carboxylic acids is 1. The van der Waals surface area contributed by atoms with Gasteiger partial charge in [-0.3, -0.25) is 4.79 Å². The molecule has 130 valence electrons. The highest BCUT2D eigenvalue weighted by Crippen LogP contribution is 2.12. The van der Waals surface area contributed by atoms with Crippen molar-refractivity contribution in [2.24, 2.45) is 0 Å². The van der Waals surface area contributed by atoms with Crippen LogP contribution in [0.4, 0.5) is 0 Å². The Labute approximate surface area is 150 Å². The van der Waals surface area contributed by atoms with Gasteiger partial charge in [0.25, 0.3) is 0 Å². The van der Waals surface area contributed by atoms with Crippen molar-refractivity contribution in [2.75, 3.05) is 0 Å². The summed E-state index contributed by atoms with van der Waals surface area (Å²) in [6, 6.07) is 12.9. The Hall–Kier alpha value is -2.35. The lowest BCUT2D eigenvalue weighted by molar-refractivity contribution is -0.120. The second kappa shape index (κ2) is 8.66. The van der Waals surface area contributed by atoms with Gasteiger partial charge in [0.15, 0.2) is 0 Å². The molecule has 0 radical (unpaired) electrons. The number of halogens is 1. The first kappa shape index (κ1) is 19.0. The van der Waals surface area contributed by atoms with Crippen LogP contribution in [0.3, 0.4) is 0 Å². The molecule has 8 heteroatoms. The van der Waals surface area contributed by atoms with Crippen molar-refractivity contribution in [3.05, 3.63) is 70.2 Å². The molecule has 0 saturated carbocycles. The summed E-state index contributed by atoms with van der Waals surface area (Å²) in [6.07, 6.45) is 0.124. The van der Waals surface area contributed by atoms with Crippen LogP contribution >= 0.6 is 11.6 Å². The molecule has 1 unspecified atom stereocenters. The maximum atomic E-state index is 12.1. The van der Waals surface area contributed by atoms with E-state index in [1.807, 2.05) is 0 Å². The number of carbonyl (C=O) groups excluding carboxylic acids is 1. The minimum absolute atomic E-state index is 0.0406. The van der Waals surface area contributed by atoms with Gasteiger partial charge >= 0.3 is 13.1 Å². The van der Waals surface area contributed by atoms with E-state index in [0.717, 1.165) is 0 Å². The lowest BCUT2D eigenvalue weighted by atomic mass is 9.75. The molecule has 0 aliphatic carbocycles. The Kier molecular flexibility index (Phi) is 6.58. The van der Waals surface area contributed by atoms with E-state index in [-0.39, 0.29) is 18.4 Å². The predicted molar refractivity (Wildman–Crippen MR) is 94.4 cm³/mol. The Morgan fingerprint density at radius 3 is 2.40 bits per heavy atom. The van der Waals surface area contributed by atoms with Crippen molar-refractivity contribution >= 4 is 30.6 Å². The van der Waals surface area contributed by atoms with E-state index in [2.05, 4.69) is 5.32 Å². The van der Waals surface area contributed by atoms with E-state index >= 15 is 0 Å². The van der Waals surface area contributed by atoms with E-state index < -0.39 is 24.9 Å². The van der Waals surface area contributed by atoms with Crippen molar-refractivity contribution in [1.82, 2.24) is 5.32 Å².